The first-order chi connectivity index (χ1) is 15.9. The number of ether oxygens (including phenoxy) is 3. The van der Waals surface area contributed by atoms with Crippen molar-refractivity contribution in [2.75, 3.05) is 20.3 Å². The van der Waals surface area contributed by atoms with Gasteiger partial charge in [-0.05, 0) is 62.1 Å². The molecule has 178 valence electrons. The lowest BCUT2D eigenvalue weighted by Crippen LogP contribution is -2.49. The highest BCUT2D eigenvalue weighted by atomic mass is 16.6. The summed E-state index contributed by atoms with van der Waals surface area (Å²) in [7, 11) is 1.62. The standard InChI is InChI=1S/C26H34N2O5/c1-5-18(2)27-26(30)19(3)28(17-21-6-10-22(31-4)11-7-21)25(29)13-9-20-8-12-23-24(16-20)33-15-14-32-23/h6-8,10-12,16,18-19H,5,9,13-15,17H2,1-4H3,(H,27,30)/t18-,19-/m1/s1. The second kappa shape index (κ2) is 11.6. The first-order valence-corrected chi connectivity index (χ1v) is 11.5. The van der Waals surface area contributed by atoms with Crippen molar-refractivity contribution in [3.63, 3.8) is 0 Å². The molecule has 2 amide bonds. The molecular formula is C26H34N2O5. The van der Waals surface area contributed by atoms with Crippen molar-refractivity contribution in [2.45, 2.75) is 58.7 Å². The Kier molecular flexibility index (Phi) is 8.58. The minimum absolute atomic E-state index is 0.0515. The Labute approximate surface area is 196 Å². The van der Waals surface area contributed by atoms with Crippen molar-refractivity contribution in [3.05, 3.63) is 53.6 Å². The quantitative estimate of drug-likeness (QED) is 0.592. The number of aryl methyl sites for hydroxylation is 1. The average molecular weight is 455 g/mol. The Morgan fingerprint density at radius 2 is 1.70 bits per heavy atom. The largest absolute Gasteiger partial charge is 0.497 e. The summed E-state index contributed by atoms with van der Waals surface area (Å²) >= 11 is 0. The summed E-state index contributed by atoms with van der Waals surface area (Å²) in [6, 6.07) is 12.8. The number of hydrogen-bond acceptors (Lipinski definition) is 5. The van der Waals surface area contributed by atoms with E-state index in [4.69, 9.17) is 14.2 Å². The summed E-state index contributed by atoms with van der Waals surface area (Å²) in [5.74, 6) is 1.96. The summed E-state index contributed by atoms with van der Waals surface area (Å²) in [5, 5.41) is 2.99. The molecule has 0 aliphatic carbocycles. The van der Waals surface area contributed by atoms with Crippen LogP contribution >= 0.6 is 0 Å². The fourth-order valence-corrected chi connectivity index (χ4v) is 3.61. The van der Waals surface area contributed by atoms with Crippen LogP contribution in [0.1, 0.15) is 44.7 Å². The molecule has 2 atom stereocenters. The van der Waals surface area contributed by atoms with Gasteiger partial charge in [-0.1, -0.05) is 25.1 Å². The molecule has 0 radical (unpaired) electrons. The molecule has 3 rings (SSSR count). The Balaban J connectivity index is 1.72. The van der Waals surface area contributed by atoms with E-state index in [0.717, 1.165) is 29.0 Å². The number of nitrogens with zero attached hydrogens (tertiary/aromatic N) is 1. The summed E-state index contributed by atoms with van der Waals surface area (Å²) in [5.41, 5.74) is 1.93. The second-order valence-electron chi connectivity index (χ2n) is 8.34. The van der Waals surface area contributed by atoms with Crippen LogP contribution < -0.4 is 19.5 Å². The number of methoxy groups -OCH3 is 1. The van der Waals surface area contributed by atoms with Crippen LogP contribution in [0.4, 0.5) is 0 Å². The third kappa shape index (κ3) is 6.63. The van der Waals surface area contributed by atoms with E-state index in [1.807, 2.05) is 56.3 Å². The average Bonchev–Trinajstić information content (AvgIpc) is 2.85. The van der Waals surface area contributed by atoms with Crippen LogP contribution in [0.5, 0.6) is 17.2 Å². The smallest absolute Gasteiger partial charge is 0.242 e. The molecule has 0 spiro atoms. The molecule has 1 N–H and O–H groups in total. The van der Waals surface area contributed by atoms with Gasteiger partial charge < -0.3 is 24.4 Å². The zero-order chi connectivity index (χ0) is 23.8. The van der Waals surface area contributed by atoms with Gasteiger partial charge in [0, 0.05) is 19.0 Å². The third-order valence-electron chi connectivity index (χ3n) is 5.91. The van der Waals surface area contributed by atoms with Crippen LogP contribution in [0.3, 0.4) is 0 Å². The van der Waals surface area contributed by atoms with Gasteiger partial charge in [-0.15, -0.1) is 0 Å². The minimum Gasteiger partial charge on any atom is -0.497 e. The van der Waals surface area contributed by atoms with Gasteiger partial charge in [-0.2, -0.15) is 0 Å². The summed E-state index contributed by atoms with van der Waals surface area (Å²) < 4.78 is 16.4. The summed E-state index contributed by atoms with van der Waals surface area (Å²) in [6.45, 7) is 7.17. The van der Waals surface area contributed by atoms with Gasteiger partial charge >= 0.3 is 0 Å². The molecule has 0 aromatic heterocycles. The first kappa shape index (κ1) is 24.4. The third-order valence-corrected chi connectivity index (χ3v) is 5.91. The van der Waals surface area contributed by atoms with Gasteiger partial charge in [0.15, 0.2) is 11.5 Å². The molecular weight excluding hydrogens is 420 g/mol. The van der Waals surface area contributed by atoms with Crippen LogP contribution in [0.2, 0.25) is 0 Å². The molecule has 0 saturated carbocycles. The van der Waals surface area contributed by atoms with Gasteiger partial charge in [-0.25, -0.2) is 0 Å². The molecule has 1 heterocycles. The van der Waals surface area contributed by atoms with Gasteiger partial charge in [0.05, 0.1) is 7.11 Å². The maximum Gasteiger partial charge on any atom is 0.242 e. The maximum atomic E-state index is 13.3. The number of carbonyl (C=O) groups excluding carboxylic acids is 2. The monoisotopic (exact) mass is 454 g/mol. The zero-order valence-corrected chi connectivity index (χ0v) is 19.9. The molecule has 7 nitrogen and oxygen atoms in total. The first-order valence-electron chi connectivity index (χ1n) is 11.5. The minimum atomic E-state index is -0.589. The van der Waals surface area contributed by atoms with E-state index in [9.17, 15) is 9.59 Å². The molecule has 0 bridgehead atoms. The fraction of sp³-hybridized carbons (Fsp3) is 0.462. The highest BCUT2D eigenvalue weighted by molar-refractivity contribution is 5.87. The van der Waals surface area contributed by atoms with E-state index in [1.165, 1.54) is 0 Å². The topological polar surface area (TPSA) is 77.1 Å². The highest BCUT2D eigenvalue weighted by Crippen LogP contribution is 2.31. The van der Waals surface area contributed by atoms with Crippen LogP contribution in [0.15, 0.2) is 42.5 Å². The van der Waals surface area contributed by atoms with Gasteiger partial charge in [0.2, 0.25) is 11.8 Å². The normalized spacial score (nSPS) is 14.2. The Hall–Kier alpha value is -3.22. The predicted molar refractivity (Wildman–Crippen MR) is 127 cm³/mol. The van der Waals surface area contributed by atoms with Gasteiger partial charge in [-0.3, -0.25) is 9.59 Å². The van der Waals surface area contributed by atoms with Crippen molar-refractivity contribution in [2.24, 2.45) is 0 Å². The van der Waals surface area contributed by atoms with E-state index in [2.05, 4.69) is 5.32 Å². The van der Waals surface area contributed by atoms with Gasteiger partial charge in [0.25, 0.3) is 0 Å². The molecule has 1 aliphatic heterocycles. The molecule has 0 fully saturated rings. The number of hydrogen-bond donors (Lipinski definition) is 1. The zero-order valence-electron chi connectivity index (χ0n) is 19.9. The Morgan fingerprint density at radius 1 is 1.03 bits per heavy atom. The number of benzene rings is 2. The SMILES string of the molecule is CC[C@@H](C)NC(=O)[C@@H](C)N(Cc1ccc(OC)cc1)C(=O)CCc1ccc2c(c1)OCCO2. The van der Waals surface area contributed by atoms with Gasteiger partial charge in [0.1, 0.15) is 25.0 Å². The van der Waals surface area contributed by atoms with Crippen molar-refractivity contribution < 1.29 is 23.8 Å². The van der Waals surface area contributed by atoms with E-state index in [-0.39, 0.29) is 24.3 Å². The summed E-state index contributed by atoms with van der Waals surface area (Å²) in [6.07, 6.45) is 1.67. The van der Waals surface area contributed by atoms with Crippen molar-refractivity contribution in [1.29, 1.82) is 0 Å². The molecule has 1 aliphatic rings. The van der Waals surface area contributed by atoms with Crippen molar-refractivity contribution in [1.82, 2.24) is 10.2 Å². The molecule has 2 aromatic carbocycles. The van der Waals surface area contributed by atoms with E-state index in [1.54, 1.807) is 18.9 Å². The molecule has 7 heteroatoms. The van der Waals surface area contributed by atoms with E-state index < -0.39 is 6.04 Å². The number of rotatable bonds is 10. The second-order valence-corrected chi connectivity index (χ2v) is 8.34. The molecule has 0 saturated heterocycles. The van der Waals surface area contributed by atoms with Crippen LogP contribution in [0.25, 0.3) is 0 Å². The van der Waals surface area contributed by atoms with E-state index in [0.29, 0.717) is 31.9 Å². The Bertz CT molecular complexity index is 944. The number of nitrogens with one attached hydrogen (secondary N) is 1. The number of fused-ring (bicyclic) bond motifs is 1. The highest BCUT2D eigenvalue weighted by Gasteiger charge is 2.26. The lowest BCUT2D eigenvalue weighted by molar-refractivity contribution is -0.140. The van der Waals surface area contributed by atoms with Crippen molar-refractivity contribution >= 4 is 11.8 Å². The number of amides is 2. The van der Waals surface area contributed by atoms with Crippen LogP contribution in [-0.4, -0.2) is 49.1 Å². The van der Waals surface area contributed by atoms with E-state index >= 15 is 0 Å². The Morgan fingerprint density at radius 3 is 2.36 bits per heavy atom. The lowest BCUT2D eigenvalue weighted by atomic mass is 10.1. The summed E-state index contributed by atoms with van der Waals surface area (Å²) in [4.78, 5) is 27.8. The number of carbonyl (C=O) groups is 2. The lowest BCUT2D eigenvalue weighted by Gasteiger charge is -2.30. The van der Waals surface area contributed by atoms with Crippen LogP contribution in [0, 0.1) is 0 Å². The maximum absolute atomic E-state index is 13.3. The van der Waals surface area contributed by atoms with Crippen molar-refractivity contribution in [3.8, 4) is 17.2 Å². The molecule has 33 heavy (non-hydrogen) atoms. The van der Waals surface area contributed by atoms with Crippen LogP contribution in [-0.2, 0) is 22.6 Å². The molecule has 0 unspecified atom stereocenters. The fourth-order valence-electron chi connectivity index (χ4n) is 3.61. The molecule has 2 aromatic rings. The predicted octanol–water partition coefficient (Wildman–Crippen LogP) is 3.73.